The predicted octanol–water partition coefficient (Wildman–Crippen LogP) is 1.85. The molecule has 0 unspecified atom stereocenters. The average molecular weight is 453 g/mol. The fourth-order valence-electron chi connectivity index (χ4n) is 0.858. The zero-order valence-electron chi connectivity index (χ0n) is 7.07. The summed E-state index contributed by atoms with van der Waals surface area (Å²) in [4.78, 5) is 10.2. The molecule has 0 aliphatic rings. The third-order valence-electron chi connectivity index (χ3n) is 1.37. The lowest BCUT2D eigenvalue weighted by molar-refractivity contribution is 0.201. The summed E-state index contributed by atoms with van der Waals surface area (Å²) < 4.78 is 25.8. The Morgan fingerprint density at radius 1 is 1.20 bits per heavy atom. The Hall–Kier alpha value is -0.100. The first-order valence-corrected chi connectivity index (χ1v) is 7.17. The van der Waals surface area contributed by atoms with Crippen molar-refractivity contribution in [1.82, 2.24) is 4.72 Å². The molecule has 82 valence electrons. The van der Waals surface area contributed by atoms with Gasteiger partial charge in [-0.15, -0.1) is 0 Å². The van der Waals surface area contributed by atoms with Gasteiger partial charge in [-0.25, -0.2) is 17.9 Å². The Balaban J connectivity index is 3.21. The number of benzene rings is 1. The van der Waals surface area contributed by atoms with Crippen molar-refractivity contribution < 1.29 is 18.3 Å². The summed E-state index contributed by atoms with van der Waals surface area (Å²) in [6.45, 7) is 0. The molecule has 0 radical (unpaired) electrons. The summed E-state index contributed by atoms with van der Waals surface area (Å²) in [6, 6.07) is 4.57. The number of rotatable bonds is 2. The van der Waals surface area contributed by atoms with Crippen molar-refractivity contribution >= 4 is 61.3 Å². The van der Waals surface area contributed by atoms with Crippen LogP contribution in [0.1, 0.15) is 0 Å². The number of hydrogen-bond donors (Lipinski definition) is 2. The predicted molar refractivity (Wildman–Crippen MR) is 70.2 cm³/mol. The molecule has 0 aliphatic carbocycles. The van der Waals surface area contributed by atoms with Crippen molar-refractivity contribution in [3.8, 4) is 0 Å². The molecule has 0 heterocycles. The zero-order chi connectivity index (χ0) is 11.6. The molecule has 0 saturated carbocycles. The fourth-order valence-corrected chi connectivity index (χ4v) is 4.13. The average Bonchev–Trinajstić information content (AvgIpc) is 1.99. The molecule has 1 amide bonds. The van der Waals surface area contributed by atoms with Crippen LogP contribution in [0, 0.1) is 7.14 Å². The molecule has 15 heavy (non-hydrogen) atoms. The smallest absolute Gasteiger partial charge is 0.418 e. The Labute approximate surface area is 114 Å². The Morgan fingerprint density at radius 3 is 2.07 bits per heavy atom. The minimum Gasteiger partial charge on any atom is -0.464 e. The first-order valence-electron chi connectivity index (χ1n) is 3.53. The third kappa shape index (κ3) is 3.75. The van der Waals surface area contributed by atoms with Gasteiger partial charge in [0, 0.05) is 7.14 Å². The third-order valence-corrected chi connectivity index (χ3v) is 3.91. The summed E-state index contributed by atoms with van der Waals surface area (Å²) in [7, 11) is -3.96. The summed E-state index contributed by atoms with van der Waals surface area (Å²) in [5.74, 6) is 0. The van der Waals surface area contributed by atoms with Crippen LogP contribution in [0.4, 0.5) is 4.79 Å². The van der Waals surface area contributed by atoms with Crippen LogP contribution in [0.25, 0.3) is 0 Å². The highest BCUT2D eigenvalue weighted by Gasteiger charge is 2.17. The van der Waals surface area contributed by atoms with Crippen molar-refractivity contribution in [3.05, 3.63) is 25.3 Å². The largest absolute Gasteiger partial charge is 0.464 e. The Bertz CT molecular complexity index is 479. The minimum absolute atomic E-state index is 0.0544. The molecule has 1 aromatic rings. The maximum absolute atomic E-state index is 11.4. The van der Waals surface area contributed by atoms with Crippen molar-refractivity contribution in [2.75, 3.05) is 0 Å². The van der Waals surface area contributed by atoms with E-state index in [1.165, 1.54) is 16.9 Å². The Morgan fingerprint density at radius 2 is 1.67 bits per heavy atom. The van der Waals surface area contributed by atoms with Gasteiger partial charge >= 0.3 is 6.09 Å². The van der Waals surface area contributed by atoms with Crippen LogP contribution >= 0.6 is 45.2 Å². The van der Waals surface area contributed by atoms with Crippen molar-refractivity contribution in [2.45, 2.75) is 4.90 Å². The summed E-state index contributed by atoms with van der Waals surface area (Å²) in [6.07, 6.45) is -1.59. The number of hydrogen-bond acceptors (Lipinski definition) is 3. The molecule has 8 heteroatoms. The summed E-state index contributed by atoms with van der Waals surface area (Å²) >= 11 is 3.92. The standard InChI is InChI=1S/C7H5I2NO4S/c8-4-1-5(9)3-6(2-4)15(13,14)10-7(11)12/h1-3,10H,(H,11,12). The van der Waals surface area contributed by atoms with Crippen LogP contribution in [0.5, 0.6) is 0 Å². The number of sulfonamides is 1. The van der Waals surface area contributed by atoms with Gasteiger partial charge in [-0.3, -0.25) is 0 Å². The maximum Gasteiger partial charge on any atom is 0.418 e. The topological polar surface area (TPSA) is 83.5 Å². The highest BCUT2D eigenvalue weighted by atomic mass is 127. The molecular weight excluding hydrogens is 448 g/mol. The van der Waals surface area contributed by atoms with Gasteiger partial charge < -0.3 is 5.11 Å². The monoisotopic (exact) mass is 453 g/mol. The van der Waals surface area contributed by atoms with Crippen molar-refractivity contribution in [2.24, 2.45) is 0 Å². The lowest BCUT2D eigenvalue weighted by Gasteiger charge is -2.04. The zero-order valence-corrected chi connectivity index (χ0v) is 12.2. The van der Waals surface area contributed by atoms with Gasteiger partial charge in [-0.05, 0) is 63.4 Å². The maximum atomic E-state index is 11.4. The SMILES string of the molecule is O=C(O)NS(=O)(=O)c1cc(I)cc(I)c1. The number of halogens is 2. The van der Waals surface area contributed by atoms with Crippen LogP contribution in [-0.2, 0) is 10.0 Å². The van der Waals surface area contributed by atoms with Crippen molar-refractivity contribution in [3.63, 3.8) is 0 Å². The van der Waals surface area contributed by atoms with Crippen LogP contribution in [-0.4, -0.2) is 19.6 Å². The second-order valence-corrected chi connectivity index (χ2v) is 6.69. The van der Waals surface area contributed by atoms with E-state index in [1.807, 2.05) is 45.2 Å². The molecule has 0 saturated heterocycles. The van der Waals surface area contributed by atoms with Gasteiger partial charge in [0.25, 0.3) is 10.0 Å². The second-order valence-electron chi connectivity index (χ2n) is 2.52. The molecule has 5 nitrogen and oxygen atoms in total. The lowest BCUT2D eigenvalue weighted by atomic mass is 10.4. The van der Waals surface area contributed by atoms with E-state index in [4.69, 9.17) is 5.11 Å². The van der Waals surface area contributed by atoms with Gasteiger partial charge in [-0.1, -0.05) is 0 Å². The normalized spacial score (nSPS) is 11.1. The molecule has 1 rings (SSSR count). The highest BCUT2D eigenvalue weighted by Crippen LogP contribution is 2.17. The number of amides is 1. The lowest BCUT2D eigenvalue weighted by Crippen LogP contribution is -2.28. The molecule has 0 fully saturated rings. The van der Waals surface area contributed by atoms with E-state index in [0.29, 0.717) is 0 Å². The first-order chi connectivity index (χ1) is 6.81. The Kier molecular flexibility index (Phi) is 4.17. The van der Waals surface area contributed by atoms with Crippen molar-refractivity contribution in [1.29, 1.82) is 0 Å². The van der Waals surface area contributed by atoms with Crippen LogP contribution < -0.4 is 4.72 Å². The van der Waals surface area contributed by atoms with E-state index in [-0.39, 0.29) is 4.90 Å². The number of carbonyl (C=O) groups is 1. The molecule has 0 aliphatic heterocycles. The second kappa shape index (κ2) is 4.82. The van der Waals surface area contributed by atoms with E-state index in [1.54, 1.807) is 6.07 Å². The van der Waals surface area contributed by atoms with Crippen LogP contribution in [0.3, 0.4) is 0 Å². The summed E-state index contributed by atoms with van der Waals surface area (Å²) in [5, 5.41) is 8.35. The van der Waals surface area contributed by atoms with Gasteiger partial charge in [-0.2, -0.15) is 0 Å². The summed E-state index contributed by atoms with van der Waals surface area (Å²) in [5.41, 5.74) is 0. The van der Waals surface area contributed by atoms with E-state index in [9.17, 15) is 13.2 Å². The van der Waals surface area contributed by atoms with Gasteiger partial charge in [0.1, 0.15) is 0 Å². The van der Waals surface area contributed by atoms with E-state index in [2.05, 4.69) is 0 Å². The molecular formula is C7H5I2NO4S. The molecule has 0 bridgehead atoms. The molecule has 0 atom stereocenters. The van der Waals surface area contributed by atoms with Crippen LogP contribution in [0.2, 0.25) is 0 Å². The molecule has 2 N–H and O–H groups in total. The first kappa shape index (κ1) is 13.0. The van der Waals surface area contributed by atoms with Gasteiger partial charge in [0.15, 0.2) is 0 Å². The number of nitrogens with one attached hydrogen (secondary N) is 1. The van der Waals surface area contributed by atoms with E-state index in [0.717, 1.165) is 7.14 Å². The highest BCUT2D eigenvalue weighted by molar-refractivity contribution is 14.1. The van der Waals surface area contributed by atoms with E-state index < -0.39 is 16.1 Å². The van der Waals surface area contributed by atoms with Gasteiger partial charge in [0.2, 0.25) is 0 Å². The molecule has 0 aromatic heterocycles. The minimum atomic E-state index is -3.96. The van der Waals surface area contributed by atoms with Gasteiger partial charge in [0.05, 0.1) is 4.90 Å². The van der Waals surface area contributed by atoms with E-state index >= 15 is 0 Å². The quantitative estimate of drug-likeness (QED) is 0.671. The number of carboxylic acid groups (broad SMARTS) is 1. The fraction of sp³-hybridized carbons (Fsp3) is 0. The molecule has 1 aromatic carbocycles. The molecule has 0 spiro atoms. The van der Waals surface area contributed by atoms with Crippen LogP contribution in [0.15, 0.2) is 23.1 Å².